The van der Waals surface area contributed by atoms with Gasteiger partial charge in [-0.15, -0.1) is 0 Å². The monoisotopic (exact) mass is 494 g/mol. The fraction of sp³-hybridized carbons (Fsp3) is 0.364. The van der Waals surface area contributed by atoms with Gasteiger partial charge < -0.3 is 4.74 Å². The highest BCUT2D eigenvalue weighted by atomic mass is 16.5. The summed E-state index contributed by atoms with van der Waals surface area (Å²) in [5.74, 6) is -1.00. The Bertz CT molecular complexity index is 1360. The lowest BCUT2D eigenvalue weighted by molar-refractivity contribution is -0.155. The van der Waals surface area contributed by atoms with Crippen LogP contribution in [0.1, 0.15) is 63.5 Å². The Morgan fingerprint density at radius 3 is 2.38 bits per heavy atom. The van der Waals surface area contributed by atoms with E-state index in [1.54, 1.807) is 6.08 Å². The first kappa shape index (κ1) is 25.1. The molecule has 190 valence electrons. The van der Waals surface area contributed by atoms with E-state index >= 15 is 0 Å². The lowest BCUT2D eigenvalue weighted by atomic mass is 9.64. The van der Waals surface area contributed by atoms with E-state index in [1.165, 1.54) is 22.4 Å². The quantitative estimate of drug-likeness (QED) is 0.194. The molecule has 4 heteroatoms. The Balaban J connectivity index is 1.32. The van der Waals surface area contributed by atoms with Crippen LogP contribution < -0.4 is 0 Å². The molecular weight excluding hydrogens is 460 g/mol. The predicted octanol–water partition coefficient (Wildman–Crippen LogP) is 6.92. The maximum Gasteiger partial charge on any atom is 0.313 e. The SMILES string of the molecule is CC1(C)[C@@H]2CC[C@]1(C)[C@H](c1cccc3ccccc13)[C@@H]2OC(=O)CC(=O)CC(=O)/C=C/c1ccccc1. The fourth-order valence-corrected chi connectivity index (χ4v) is 6.90. The smallest absolute Gasteiger partial charge is 0.313 e. The zero-order valence-electron chi connectivity index (χ0n) is 21.8. The van der Waals surface area contributed by atoms with Crippen LogP contribution in [0.2, 0.25) is 0 Å². The van der Waals surface area contributed by atoms with Crippen molar-refractivity contribution in [2.75, 3.05) is 0 Å². The Labute approximate surface area is 218 Å². The number of carbonyl (C=O) groups is 3. The van der Waals surface area contributed by atoms with Gasteiger partial charge in [0.1, 0.15) is 12.5 Å². The van der Waals surface area contributed by atoms with Crippen molar-refractivity contribution < 1.29 is 19.1 Å². The zero-order valence-corrected chi connectivity index (χ0v) is 21.8. The molecule has 37 heavy (non-hydrogen) atoms. The van der Waals surface area contributed by atoms with Gasteiger partial charge in [-0.3, -0.25) is 14.4 Å². The molecule has 3 aromatic carbocycles. The van der Waals surface area contributed by atoms with E-state index in [-0.39, 0.29) is 47.4 Å². The van der Waals surface area contributed by atoms with Gasteiger partial charge in [-0.05, 0) is 51.6 Å². The van der Waals surface area contributed by atoms with Crippen LogP contribution in [-0.4, -0.2) is 23.6 Å². The average molecular weight is 495 g/mol. The number of benzene rings is 3. The highest BCUT2D eigenvalue weighted by molar-refractivity contribution is 6.10. The van der Waals surface area contributed by atoms with E-state index in [0.29, 0.717) is 0 Å². The molecule has 4 atom stereocenters. The third-order valence-corrected chi connectivity index (χ3v) is 9.19. The summed E-state index contributed by atoms with van der Waals surface area (Å²) in [7, 11) is 0. The maximum absolute atomic E-state index is 13.0. The Morgan fingerprint density at radius 1 is 0.892 bits per heavy atom. The summed E-state index contributed by atoms with van der Waals surface area (Å²) in [4.78, 5) is 37.9. The van der Waals surface area contributed by atoms with Crippen molar-refractivity contribution in [3.8, 4) is 0 Å². The molecule has 2 aliphatic rings. The van der Waals surface area contributed by atoms with Crippen LogP contribution in [0.25, 0.3) is 16.8 Å². The second-order valence-corrected chi connectivity index (χ2v) is 11.4. The molecule has 0 amide bonds. The van der Waals surface area contributed by atoms with E-state index < -0.39 is 11.8 Å². The van der Waals surface area contributed by atoms with Crippen molar-refractivity contribution in [2.24, 2.45) is 16.7 Å². The molecule has 0 saturated heterocycles. The van der Waals surface area contributed by atoms with Gasteiger partial charge in [0.15, 0.2) is 11.6 Å². The van der Waals surface area contributed by atoms with Gasteiger partial charge in [0.2, 0.25) is 0 Å². The van der Waals surface area contributed by atoms with E-state index in [0.717, 1.165) is 18.4 Å². The van der Waals surface area contributed by atoms with Crippen LogP contribution in [0.15, 0.2) is 78.9 Å². The van der Waals surface area contributed by atoms with E-state index in [2.05, 4.69) is 57.2 Å². The fourth-order valence-electron chi connectivity index (χ4n) is 6.90. The lowest BCUT2D eigenvalue weighted by Crippen LogP contribution is -2.35. The van der Waals surface area contributed by atoms with Gasteiger partial charge in [0.05, 0.1) is 6.42 Å². The molecule has 5 rings (SSSR count). The lowest BCUT2D eigenvalue weighted by Gasteiger charge is -2.40. The minimum Gasteiger partial charge on any atom is -0.461 e. The second kappa shape index (κ2) is 9.74. The standard InChI is InChI=1S/C33H34O4/c1-32(2)28-18-19-33(32,3)30(27-15-9-13-23-12-7-8-14-26(23)27)31(28)37-29(36)21-25(35)20-24(34)17-16-22-10-5-4-6-11-22/h4-17,28,30-31H,18-21H2,1-3H3/b17-16+/t28-,30-,31-,33-/m1/s1. The van der Waals surface area contributed by atoms with Crippen LogP contribution in [0, 0.1) is 16.7 Å². The summed E-state index contributed by atoms with van der Waals surface area (Å²) in [5.41, 5.74) is 2.05. The summed E-state index contributed by atoms with van der Waals surface area (Å²) in [5, 5.41) is 2.36. The second-order valence-electron chi connectivity index (χ2n) is 11.4. The number of hydrogen-bond donors (Lipinski definition) is 0. The van der Waals surface area contributed by atoms with Crippen molar-refractivity contribution >= 4 is 34.4 Å². The highest BCUT2D eigenvalue weighted by Gasteiger charge is 2.67. The summed E-state index contributed by atoms with van der Waals surface area (Å²) in [6.07, 6.45) is 4.17. The summed E-state index contributed by atoms with van der Waals surface area (Å²) < 4.78 is 6.15. The number of fused-ring (bicyclic) bond motifs is 3. The van der Waals surface area contributed by atoms with Crippen molar-refractivity contribution in [3.63, 3.8) is 0 Å². The maximum atomic E-state index is 13.0. The molecule has 0 aromatic heterocycles. The van der Waals surface area contributed by atoms with Crippen molar-refractivity contribution in [2.45, 2.75) is 58.5 Å². The molecule has 0 unspecified atom stereocenters. The molecule has 0 spiro atoms. The molecule has 2 saturated carbocycles. The Kier molecular flexibility index (Phi) is 6.61. The molecule has 2 fully saturated rings. The molecule has 2 bridgehead atoms. The number of ketones is 2. The van der Waals surface area contributed by atoms with E-state index in [9.17, 15) is 14.4 Å². The number of rotatable bonds is 8. The van der Waals surface area contributed by atoms with Gasteiger partial charge in [-0.2, -0.15) is 0 Å². The summed E-state index contributed by atoms with van der Waals surface area (Å²) >= 11 is 0. The molecule has 0 heterocycles. The first-order valence-electron chi connectivity index (χ1n) is 13.2. The van der Waals surface area contributed by atoms with Gasteiger partial charge in [0.25, 0.3) is 0 Å². The summed E-state index contributed by atoms with van der Waals surface area (Å²) in [6, 6.07) is 24.1. The number of esters is 1. The molecule has 4 nitrogen and oxygen atoms in total. The van der Waals surface area contributed by atoms with Crippen molar-refractivity contribution in [1.82, 2.24) is 0 Å². The third-order valence-electron chi connectivity index (χ3n) is 9.19. The van der Waals surface area contributed by atoms with Crippen LogP contribution in [0.5, 0.6) is 0 Å². The Morgan fingerprint density at radius 2 is 1.59 bits per heavy atom. The van der Waals surface area contributed by atoms with Crippen LogP contribution in [0.3, 0.4) is 0 Å². The minimum atomic E-state index is -0.535. The normalized spacial score (nSPS) is 26.0. The number of ether oxygens (including phenoxy) is 1. The van der Waals surface area contributed by atoms with E-state index in [4.69, 9.17) is 4.74 Å². The third kappa shape index (κ3) is 4.54. The number of hydrogen-bond acceptors (Lipinski definition) is 4. The topological polar surface area (TPSA) is 60.4 Å². The predicted molar refractivity (Wildman–Crippen MR) is 146 cm³/mol. The molecule has 2 aliphatic carbocycles. The first-order chi connectivity index (χ1) is 17.7. The number of carbonyl (C=O) groups excluding carboxylic acids is 3. The van der Waals surface area contributed by atoms with Crippen molar-refractivity contribution in [1.29, 1.82) is 0 Å². The molecule has 3 aromatic rings. The van der Waals surface area contributed by atoms with Gasteiger partial charge in [-0.25, -0.2) is 0 Å². The molecule has 0 aliphatic heterocycles. The Hall–Kier alpha value is -3.53. The molecule has 0 N–H and O–H groups in total. The zero-order chi connectivity index (χ0) is 26.2. The van der Waals surface area contributed by atoms with E-state index in [1.807, 2.05) is 36.4 Å². The summed E-state index contributed by atoms with van der Waals surface area (Å²) in [6.45, 7) is 6.91. The van der Waals surface area contributed by atoms with Gasteiger partial charge in [0, 0.05) is 11.8 Å². The molecule has 0 radical (unpaired) electrons. The van der Waals surface area contributed by atoms with Crippen LogP contribution in [-0.2, 0) is 19.1 Å². The largest absolute Gasteiger partial charge is 0.461 e. The minimum absolute atomic E-state index is 0.0121. The van der Waals surface area contributed by atoms with Gasteiger partial charge in [-0.1, -0.05) is 99.6 Å². The van der Waals surface area contributed by atoms with Crippen LogP contribution >= 0.6 is 0 Å². The highest BCUT2D eigenvalue weighted by Crippen LogP contribution is 2.72. The average Bonchev–Trinajstić information content (AvgIpc) is 3.20. The molecular formula is C33H34O4. The number of allylic oxidation sites excluding steroid dienone is 1. The van der Waals surface area contributed by atoms with Crippen LogP contribution in [0.4, 0.5) is 0 Å². The number of Topliss-reactive ketones (excluding diaryl/α,β-unsaturated/α-hetero) is 1. The first-order valence-corrected chi connectivity index (χ1v) is 13.2. The van der Waals surface area contributed by atoms with Gasteiger partial charge >= 0.3 is 5.97 Å². The van der Waals surface area contributed by atoms with Crippen molar-refractivity contribution in [3.05, 3.63) is 90.0 Å².